The number of benzene rings is 2. The van der Waals surface area contributed by atoms with E-state index in [-0.39, 0.29) is 18.1 Å². The summed E-state index contributed by atoms with van der Waals surface area (Å²) in [6.07, 6.45) is 1.52. The van der Waals surface area contributed by atoms with E-state index in [2.05, 4.69) is 5.32 Å². The molecule has 1 aliphatic rings. The predicted octanol–water partition coefficient (Wildman–Crippen LogP) is 2.77. The van der Waals surface area contributed by atoms with Crippen LogP contribution in [0.5, 0.6) is 0 Å². The predicted molar refractivity (Wildman–Crippen MR) is 90.8 cm³/mol. The maximum atomic E-state index is 13.7. The lowest BCUT2D eigenvalue weighted by molar-refractivity contribution is -0.123. The number of carbonyl (C=O) groups excluding carboxylic acids is 1. The van der Waals surface area contributed by atoms with Gasteiger partial charge in [-0.15, -0.1) is 0 Å². The average molecular weight is 328 g/mol. The van der Waals surface area contributed by atoms with Crippen LogP contribution in [0.1, 0.15) is 24.0 Å². The highest BCUT2D eigenvalue weighted by molar-refractivity contribution is 5.79. The van der Waals surface area contributed by atoms with Gasteiger partial charge >= 0.3 is 0 Å². The number of halogens is 1. The van der Waals surface area contributed by atoms with E-state index in [0.717, 1.165) is 11.1 Å². The number of anilines is 1. The monoisotopic (exact) mass is 328 g/mol. The number of hydrogen-bond acceptors (Lipinski definition) is 3. The van der Waals surface area contributed by atoms with Gasteiger partial charge in [-0.25, -0.2) is 4.39 Å². The first kappa shape index (κ1) is 16.5. The molecule has 5 heteroatoms. The lowest BCUT2D eigenvalue weighted by Gasteiger charge is -2.38. The standard InChI is InChI=1S/C19H21FN2O2/c20-16-3-1-2-15(13-16)19(8-10-24-11-9-19)22-18(23)12-14-4-6-17(21)7-5-14/h1-7,13H,8-12,21H2,(H,22,23). The second-order valence-corrected chi connectivity index (χ2v) is 6.17. The van der Waals surface area contributed by atoms with Gasteiger partial charge in [-0.1, -0.05) is 24.3 Å². The first-order valence-electron chi connectivity index (χ1n) is 8.07. The topological polar surface area (TPSA) is 64.4 Å². The van der Waals surface area contributed by atoms with Gasteiger partial charge in [0.1, 0.15) is 5.82 Å². The van der Waals surface area contributed by atoms with Crippen LogP contribution < -0.4 is 11.1 Å². The lowest BCUT2D eigenvalue weighted by atomic mass is 9.82. The maximum absolute atomic E-state index is 13.7. The van der Waals surface area contributed by atoms with Crippen molar-refractivity contribution in [2.24, 2.45) is 0 Å². The third-order valence-corrected chi connectivity index (χ3v) is 4.45. The number of nitrogen functional groups attached to an aromatic ring is 1. The first-order chi connectivity index (χ1) is 11.6. The van der Waals surface area contributed by atoms with Gasteiger partial charge in [0.15, 0.2) is 0 Å². The summed E-state index contributed by atoms with van der Waals surface area (Å²) in [4.78, 5) is 12.6. The zero-order valence-corrected chi connectivity index (χ0v) is 13.4. The van der Waals surface area contributed by atoms with Crippen LogP contribution in [0.25, 0.3) is 0 Å². The van der Waals surface area contributed by atoms with E-state index in [4.69, 9.17) is 10.5 Å². The molecule has 126 valence electrons. The van der Waals surface area contributed by atoms with E-state index in [9.17, 15) is 9.18 Å². The maximum Gasteiger partial charge on any atom is 0.225 e. The number of rotatable bonds is 4. The molecule has 0 spiro atoms. The van der Waals surface area contributed by atoms with Crippen LogP contribution >= 0.6 is 0 Å². The number of amides is 1. The highest BCUT2D eigenvalue weighted by Crippen LogP contribution is 2.32. The molecule has 3 rings (SSSR count). The highest BCUT2D eigenvalue weighted by atomic mass is 19.1. The van der Waals surface area contributed by atoms with Crippen LogP contribution in [-0.2, 0) is 21.5 Å². The quantitative estimate of drug-likeness (QED) is 0.848. The van der Waals surface area contributed by atoms with E-state index in [0.29, 0.717) is 31.7 Å². The van der Waals surface area contributed by atoms with E-state index in [1.54, 1.807) is 18.2 Å². The van der Waals surface area contributed by atoms with Crippen LogP contribution in [0.2, 0.25) is 0 Å². The lowest BCUT2D eigenvalue weighted by Crippen LogP contribution is -2.50. The van der Waals surface area contributed by atoms with Gasteiger partial charge in [0.25, 0.3) is 0 Å². The van der Waals surface area contributed by atoms with Gasteiger partial charge < -0.3 is 15.8 Å². The minimum absolute atomic E-state index is 0.0917. The van der Waals surface area contributed by atoms with Gasteiger partial charge in [-0.05, 0) is 48.2 Å². The number of hydrogen-bond donors (Lipinski definition) is 2. The SMILES string of the molecule is Nc1ccc(CC(=O)NC2(c3cccc(F)c3)CCOCC2)cc1. The summed E-state index contributed by atoms with van der Waals surface area (Å²) in [5.74, 6) is -0.392. The molecule has 0 unspecified atom stereocenters. The summed E-state index contributed by atoms with van der Waals surface area (Å²) in [5, 5.41) is 3.12. The molecule has 1 heterocycles. The van der Waals surface area contributed by atoms with E-state index >= 15 is 0 Å². The molecule has 3 N–H and O–H groups in total. The molecule has 1 amide bonds. The first-order valence-corrected chi connectivity index (χ1v) is 8.07. The van der Waals surface area contributed by atoms with Crippen molar-refractivity contribution in [1.29, 1.82) is 0 Å². The van der Waals surface area contributed by atoms with Crippen molar-refractivity contribution in [3.05, 3.63) is 65.5 Å². The molecular formula is C19H21FN2O2. The smallest absolute Gasteiger partial charge is 0.225 e. The summed E-state index contributed by atoms with van der Waals surface area (Å²) < 4.78 is 19.1. The van der Waals surface area contributed by atoms with Crippen LogP contribution in [-0.4, -0.2) is 19.1 Å². The Hall–Kier alpha value is -2.40. The number of nitrogens with two attached hydrogens (primary N) is 1. The zero-order valence-electron chi connectivity index (χ0n) is 13.4. The van der Waals surface area contributed by atoms with Crippen LogP contribution in [0, 0.1) is 5.82 Å². The molecule has 1 aliphatic heterocycles. The Bertz CT molecular complexity index is 710. The molecule has 2 aromatic carbocycles. The van der Waals surface area contributed by atoms with Gasteiger partial charge in [0, 0.05) is 18.9 Å². The van der Waals surface area contributed by atoms with E-state index in [1.807, 2.05) is 18.2 Å². The molecule has 2 aromatic rings. The molecule has 0 atom stereocenters. The minimum atomic E-state index is -0.578. The van der Waals surface area contributed by atoms with Gasteiger partial charge in [0.05, 0.1) is 12.0 Å². The Morgan fingerprint density at radius 3 is 2.54 bits per heavy atom. The second-order valence-electron chi connectivity index (χ2n) is 6.17. The summed E-state index contributed by atoms with van der Waals surface area (Å²) in [5.41, 5.74) is 7.44. The van der Waals surface area contributed by atoms with Gasteiger partial charge in [-0.3, -0.25) is 4.79 Å². The highest BCUT2D eigenvalue weighted by Gasteiger charge is 2.36. The van der Waals surface area contributed by atoms with Crippen molar-refractivity contribution in [2.75, 3.05) is 18.9 Å². The van der Waals surface area contributed by atoms with Crippen LogP contribution in [0.3, 0.4) is 0 Å². The van der Waals surface area contributed by atoms with Crippen molar-refractivity contribution in [3.63, 3.8) is 0 Å². The fourth-order valence-corrected chi connectivity index (χ4v) is 3.12. The van der Waals surface area contributed by atoms with Crippen molar-refractivity contribution in [3.8, 4) is 0 Å². The second kappa shape index (κ2) is 7.01. The fraction of sp³-hybridized carbons (Fsp3) is 0.316. The van der Waals surface area contributed by atoms with Crippen LogP contribution in [0.4, 0.5) is 10.1 Å². The van der Waals surface area contributed by atoms with Gasteiger partial charge in [0.2, 0.25) is 5.91 Å². The molecule has 0 saturated carbocycles. The Labute approximate surface area is 140 Å². The Kier molecular flexibility index (Phi) is 4.81. The number of carbonyl (C=O) groups is 1. The third kappa shape index (κ3) is 3.74. The Morgan fingerprint density at radius 1 is 1.17 bits per heavy atom. The fourth-order valence-electron chi connectivity index (χ4n) is 3.12. The van der Waals surface area contributed by atoms with Crippen molar-refractivity contribution < 1.29 is 13.9 Å². The van der Waals surface area contributed by atoms with Crippen molar-refractivity contribution in [2.45, 2.75) is 24.8 Å². The summed E-state index contributed by atoms with van der Waals surface area (Å²) in [6, 6.07) is 13.7. The minimum Gasteiger partial charge on any atom is -0.399 e. The van der Waals surface area contributed by atoms with Crippen molar-refractivity contribution >= 4 is 11.6 Å². The molecule has 1 saturated heterocycles. The molecule has 0 radical (unpaired) electrons. The summed E-state index contributed by atoms with van der Waals surface area (Å²) in [7, 11) is 0. The molecule has 0 aliphatic carbocycles. The summed E-state index contributed by atoms with van der Waals surface area (Å²) in [6.45, 7) is 1.08. The molecule has 0 aromatic heterocycles. The molecule has 24 heavy (non-hydrogen) atoms. The van der Waals surface area contributed by atoms with E-state index in [1.165, 1.54) is 12.1 Å². The normalized spacial score (nSPS) is 16.5. The largest absolute Gasteiger partial charge is 0.399 e. The Balaban J connectivity index is 1.79. The molecular weight excluding hydrogens is 307 g/mol. The molecule has 4 nitrogen and oxygen atoms in total. The third-order valence-electron chi connectivity index (χ3n) is 4.45. The van der Waals surface area contributed by atoms with Crippen molar-refractivity contribution in [1.82, 2.24) is 5.32 Å². The van der Waals surface area contributed by atoms with Crippen LogP contribution in [0.15, 0.2) is 48.5 Å². The number of ether oxygens (including phenoxy) is 1. The summed E-state index contributed by atoms with van der Waals surface area (Å²) >= 11 is 0. The number of nitrogens with one attached hydrogen (secondary N) is 1. The average Bonchev–Trinajstić information content (AvgIpc) is 2.58. The Morgan fingerprint density at radius 2 is 1.88 bits per heavy atom. The zero-order chi connectivity index (χ0) is 17.0. The molecule has 0 bridgehead atoms. The van der Waals surface area contributed by atoms with Gasteiger partial charge in [-0.2, -0.15) is 0 Å². The molecule has 1 fully saturated rings. The van der Waals surface area contributed by atoms with E-state index < -0.39 is 5.54 Å².